The number of cyclic esters (lactones) is 1. The average Bonchev–Trinajstić information content (AvgIpc) is 1.48. The van der Waals surface area contributed by atoms with Crippen LogP contribution in [0.25, 0.3) is 33.4 Å². The first-order valence-corrected chi connectivity index (χ1v) is 31.0. The van der Waals surface area contributed by atoms with Crippen molar-refractivity contribution in [3.8, 4) is 34.9 Å². The molecule has 0 spiro atoms. The Labute approximate surface area is 541 Å². The number of aryl methyl sites for hydroxylation is 3. The van der Waals surface area contributed by atoms with Gasteiger partial charge in [0.15, 0.2) is 5.60 Å². The van der Waals surface area contributed by atoms with Gasteiger partial charge in [-0.05, 0) is 113 Å². The fourth-order valence-corrected chi connectivity index (χ4v) is 12.3. The van der Waals surface area contributed by atoms with Crippen LogP contribution in [-0.2, 0) is 87.6 Å². The van der Waals surface area contributed by atoms with Crippen LogP contribution in [0.2, 0.25) is 0 Å². The summed E-state index contributed by atoms with van der Waals surface area (Å²) in [6, 6.07) is 31.2. The van der Waals surface area contributed by atoms with Gasteiger partial charge >= 0.3 is 18.2 Å². The molecule has 486 valence electrons. The van der Waals surface area contributed by atoms with E-state index < -0.39 is 84.4 Å². The fourth-order valence-electron chi connectivity index (χ4n) is 12.3. The molecule has 0 unspecified atom stereocenters. The quantitative estimate of drug-likeness (QED) is 0.0138. The largest absolute Gasteiger partial charge is 0.458 e. The van der Waals surface area contributed by atoms with Crippen LogP contribution in [0.4, 0.5) is 19.7 Å². The standard InChI is InChI=1S/C71H72FN9O13/c1-6-8-28-73-60(82)27-25-44-31-46(77-62(84)36-75-66(86)58(30-43-17-10-9-11-18-43)78-63(85)35-74-61(83)34-76-69(89)93-39-53-50-21-14-12-19-48(50)49-20-13-15-22-51(49)53)26-24-45(44)38-94-70(90)80(5)29-16-23-47-41(3)56(72)33-57-64(47)42(4)52-37-81-59(65(52)79-57)32-55-54(67(81)87)40-92-68(88)71(55,91)7-2/h1,9-15,17-22,24,26,31-33,53,58,91H,7-8,16,23,25,27-30,34-40H2,2-5H3,(H,73,82)(H,74,83)(H,75,86)(H,76,89)(H,77,84)(H,78,85)/t58-,71-/m0/s1. The summed E-state index contributed by atoms with van der Waals surface area (Å²) in [7, 11) is 1.57. The molecule has 0 fully saturated rings. The van der Waals surface area contributed by atoms with Crippen molar-refractivity contribution in [3.05, 3.63) is 187 Å². The van der Waals surface area contributed by atoms with Crippen LogP contribution in [0.5, 0.6) is 0 Å². The third-order valence-corrected chi connectivity index (χ3v) is 17.4. The van der Waals surface area contributed by atoms with Crippen LogP contribution in [0, 0.1) is 32.0 Å². The molecule has 0 saturated heterocycles. The monoisotopic (exact) mass is 1280 g/mol. The molecule has 22 nitrogen and oxygen atoms in total. The second-order valence-corrected chi connectivity index (χ2v) is 23.4. The van der Waals surface area contributed by atoms with Crippen LogP contribution in [-0.4, -0.2) is 120 Å². The maximum atomic E-state index is 15.8. The fraction of sp³-hybridized carbons (Fsp3) is 0.324. The number of hydrogen-bond donors (Lipinski definition) is 7. The number of hydrogen-bond acceptors (Lipinski definition) is 14. The Bertz CT molecular complexity index is 4220. The summed E-state index contributed by atoms with van der Waals surface area (Å²) in [5.74, 6) is -2.05. The molecule has 0 radical (unpaired) electrons. The van der Waals surface area contributed by atoms with E-state index in [1.54, 1.807) is 75.5 Å². The molecule has 0 saturated carbocycles. The second-order valence-electron chi connectivity index (χ2n) is 23.4. The first kappa shape index (κ1) is 66.2. The summed E-state index contributed by atoms with van der Waals surface area (Å²) in [5, 5.41) is 27.6. The third kappa shape index (κ3) is 14.6. The normalized spacial score (nSPS) is 14.3. The van der Waals surface area contributed by atoms with Gasteiger partial charge in [0.2, 0.25) is 29.5 Å². The highest BCUT2D eigenvalue weighted by molar-refractivity contribution is 5.97. The Morgan fingerprint density at radius 3 is 2.23 bits per heavy atom. The number of aliphatic hydroxyl groups is 1. The van der Waals surface area contributed by atoms with Gasteiger partial charge in [-0.1, -0.05) is 91.9 Å². The Balaban J connectivity index is 0.724. The topological polar surface area (TPSA) is 295 Å². The summed E-state index contributed by atoms with van der Waals surface area (Å²) in [6.45, 7) is 3.85. The molecule has 94 heavy (non-hydrogen) atoms. The van der Waals surface area contributed by atoms with Gasteiger partial charge < -0.3 is 60.7 Å². The van der Waals surface area contributed by atoms with Crippen LogP contribution < -0.4 is 37.5 Å². The van der Waals surface area contributed by atoms with E-state index in [4.69, 9.17) is 25.6 Å². The van der Waals surface area contributed by atoms with Gasteiger partial charge in [-0.3, -0.25) is 28.8 Å². The number of nitrogens with one attached hydrogen (secondary N) is 6. The van der Waals surface area contributed by atoms with Gasteiger partial charge in [0.1, 0.15) is 38.2 Å². The SMILES string of the molecule is C#CCCNC(=O)CCc1cc(NC(=O)CNC(=O)[C@H](Cc2ccccc2)NC(=O)CNC(=O)CNC(=O)OCC2c3ccccc3-c3ccccc32)ccc1COC(=O)N(C)CCCc1c(C)c(F)cc2nc3c(c(C)c12)Cn1c-3cc2c(c1=O)COC(=O)[C@]2(O)CC. The Morgan fingerprint density at radius 2 is 1.51 bits per heavy atom. The molecule has 2 aromatic heterocycles. The predicted molar refractivity (Wildman–Crippen MR) is 346 cm³/mol. The molecule has 10 rings (SSSR count). The lowest BCUT2D eigenvalue weighted by molar-refractivity contribution is -0.172. The van der Waals surface area contributed by atoms with Crippen LogP contribution in [0.1, 0.15) is 99.7 Å². The number of fused-ring (bicyclic) bond motifs is 8. The van der Waals surface area contributed by atoms with Crippen LogP contribution in [0.15, 0.2) is 114 Å². The molecule has 2 atom stereocenters. The first-order chi connectivity index (χ1) is 45.3. The van der Waals surface area contributed by atoms with Crippen molar-refractivity contribution in [2.75, 3.05) is 51.7 Å². The van der Waals surface area contributed by atoms with E-state index in [0.717, 1.165) is 38.8 Å². The Kier molecular flexibility index (Phi) is 20.6. The lowest BCUT2D eigenvalue weighted by atomic mass is 9.86. The molecule has 4 heterocycles. The van der Waals surface area contributed by atoms with E-state index in [2.05, 4.69) is 37.8 Å². The number of ether oxygens (including phenoxy) is 3. The Hall–Kier alpha value is -10.7. The van der Waals surface area contributed by atoms with Crippen molar-refractivity contribution in [1.82, 2.24) is 41.0 Å². The van der Waals surface area contributed by atoms with Gasteiger partial charge in [-0.2, -0.15) is 0 Å². The minimum absolute atomic E-state index is 0.0150. The highest BCUT2D eigenvalue weighted by Crippen LogP contribution is 2.45. The van der Waals surface area contributed by atoms with Crippen molar-refractivity contribution in [2.24, 2.45) is 0 Å². The third-order valence-electron chi connectivity index (χ3n) is 17.4. The Morgan fingerprint density at radius 1 is 0.809 bits per heavy atom. The second kappa shape index (κ2) is 29.3. The molecule has 3 aliphatic rings. The van der Waals surface area contributed by atoms with Crippen LogP contribution >= 0.6 is 0 Å². The van der Waals surface area contributed by atoms with E-state index >= 15 is 4.39 Å². The molecular formula is C71H72FN9O13. The maximum absolute atomic E-state index is 15.8. The number of pyridine rings is 2. The lowest BCUT2D eigenvalue weighted by Gasteiger charge is -2.31. The van der Waals surface area contributed by atoms with Gasteiger partial charge in [0.05, 0.1) is 42.1 Å². The van der Waals surface area contributed by atoms with Crippen molar-refractivity contribution in [3.63, 3.8) is 0 Å². The summed E-state index contributed by atoms with van der Waals surface area (Å²) in [4.78, 5) is 125. The van der Waals surface area contributed by atoms with Gasteiger partial charge in [-0.25, -0.2) is 23.8 Å². The molecule has 7 N–H and O–H groups in total. The van der Waals surface area contributed by atoms with E-state index in [1.807, 2.05) is 55.5 Å². The molecular weight excluding hydrogens is 1210 g/mol. The van der Waals surface area contributed by atoms with E-state index in [-0.39, 0.29) is 88.1 Å². The minimum Gasteiger partial charge on any atom is -0.458 e. The summed E-state index contributed by atoms with van der Waals surface area (Å²) < 4.78 is 33.9. The average molecular weight is 1280 g/mol. The molecule has 7 aromatic rings. The first-order valence-electron chi connectivity index (χ1n) is 31.0. The van der Waals surface area contributed by atoms with Crippen molar-refractivity contribution >= 4 is 64.3 Å². The van der Waals surface area contributed by atoms with E-state index in [9.17, 15) is 48.3 Å². The lowest BCUT2D eigenvalue weighted by Crippen LogP contribution is -2.52. The highest BCUT2D eigenvalue weighted by Gasteiger charge is 2.46. The summed E-state index contributed by atoms with van der Waals surface area (Å²) in [6.07, 6.45) is 5.17. The zero-order chi connectivity index (χ0) is 66.8. The number of esters is 1. The smallest absolute Gasteiger partial charge is 0.409 e. The number of anilines is 1. The number of rotatable bonds is 25. The van der Waals surface area contributed by atoms with Crippen LogP contribution in [0.3, 0.4) is 0 Å². The predicted octanol–water partition coefficient (Wildman–Crippen LogP) is 6.55. The van der Waals surface area contributed by atoms with E-state index in [0.29, 0.717) is 69.7 Å². The highest BCUT2D eigenvalue weighted by atomic mass is 19.1. The molecule has 7 amide bonds. The summed E-state index contributed by atoms with van der Waals surface area (Å²) >= 11 is 0. The number of carbonyl (C=O) groups is 8. The van der Waals surface area contributed by atoms with Crippen molar-refractivity contribution in [1.29, 1.82) is 0 Å². The van der Waals surface area contributed by atoms with Crippen molar-refractivity contribution in [2.45, 2.75) is 103 Å². The minimum atomic E-state index is -2.01. The number of benzene rings is 5. The molecule has 23 heteroatoms. The maximum Gasteiger partial charge on any atom is 0.409 e. The van der Waals surface area contributed by atoms with Crippen molar-refractivity contribution < 1.29 is 62.1 Å². The number of halogens is 1. The molecule has 5 aromatic carbocycles. The van der Waals surface area contributed by atoms with E-state index in [1.165, 1.54) is 15.5 Å². The van der Waals surface area contributed by atoms with Gasteiger partial charge in [0, 0.05) is 73.6 Å². The van der Waals surface area contributed by atoms with Gasteiger partial charge in [-0.15, -0.1) is 12.3 Å². The number of carbonyl (C=O) groups excluding carboxylic acids is 8. The molecule has 0 bridgehead atoms. The number of terminal acetylenes is 1. The number of nitrogens with zero attached hydrogens (tertiary/aromatic N) is 3. The number of alkyl carbamates (subject to hydrolysis) is 1. The molecule has 2 aliphatic heterocycles. The summed E-state index contributed by atoms with van der Waals surface area (Å²) in [5.41, 5.74) is 8.09. The zero-order valence-corrected chi connectivity index (χ0v) is 52.5. The number of aromatic nitrogens is 2. The zero-order valence-electron chi connectivity index (χ0n) is 52.5. The number of amides is 7. The molecule has 1 aliphatic carbocycles. The van der Waals surface area contributed by atoms with Gasteiger partial charge in [0.25, 0.3) is 5.56 Å².